The summed E-state index contributed by atoms with van der Waals surface area (Å²) in [6, 6.07) is 8.37. The maximum Gasteiger partial charge on any atom is 0.227 e. The van der Waals surface area contributed by atoms with Gasteiger partial charge in [-0.3, -0.25) is 9.59 Å². The van der Waals surface area contributed by atoms with Crippen molar-refractivity contribution in [1.82, 2.24) is 19.9 Å². The van der Waals surface area contributed by atoms with E-state index in [1.54, 1.807) is 17.2 Å². The Balaban J connectivity index is 1.40. The SMILES string of the molecule is CC(=O)Nc1ccc(CC(=O)N2C3CCC2CC(n2nccn2)C3)cc1. The maximum absolute atomic E-state index is 12.9. The summed E-state index contributed by atoms with van der Waals surface area (Å²) in [4.78, 5) is 27.9. The van der Waals surface area contributed by atoms with Gasteiger partial charge < -0.3 is 10.2 Å². The van der Waals surface area contributed by atoms with Crippen LogP contribution in [0.2, 0.25) is 0 Å². The summed E-state index contributed by atoms with van der Waals surface area (Å²) in [5.41, 5.74) is 1.72. The molecule has 1 N–H and O–H groups in total. The van der Waals surface area contributed by atoms with Gasteiger partial charge >= 0.3 is 0 Å². The maximum atomic E-state index is 12.9. The second-order valence-electron chi connectivity index (χ2n) is 7.22. The number of carbonyl (C=O) groups excluding carboxylic acids is 2. The van der Waals surface area contributed by atoms with E-state index in [1.165, 1.54) is 6.92 Å². The van der Waals surface area contributed by atoms with Crippen LogP contribution in [0.5, 0.6) is 0 Å². The molecule has 2 aromatic rings. The fourth-order valence-electron chi connectivity index (χ4n) is 4.33. The second-order valence-corrected chi connectivity index (χ2v) is 7.22. The summed E-state index contributed by atoms with van der Waals surface area (Å²) >= 11 is 0. The Morgan fingerprint density at radius 2 is 1.65 bits per heavy atom. The molecule has 2 bridgehead atoms. The molecule has 3 heterocycles. The molecule has 2 fully saturated rings. The van der Waals surface area contributed by atoms with Crippen molar-refractivity contribution in [3.63, 3.8) is 0 Å². The first-order chi connectivity index (χ1) is 12.6. The molecule has 7 heteroatoms. The van der Waals surface area contributed by atoms with Gasteiger partial charge in [-0.05, 0) is 43.4 Å². The van der Waals surface area contributed by atoms with E-state index in [2.05, 4.69) is 20.4 Å². The zero-order valence-electron chi connectivity index (χ0n) is 14.8. The summed E-state index contributed by atoms with van der Waals surface area (Å²) in [7, 11) is 0. The van der Waals surface area contributed by atoms with Crippen molar-refractivity contribution in [2.75, 3.05) is 5.32 Å². The van der Waals surface area contributed by atoms with Crippen LogP contribution in [0.1, 0.15) is 44.2 Å². The molecule has 2 amide bonds. The fourth-order valence-corrected chi connectivity index (χ4v) is 4.33. The molecule has 2 aliphatic heterocycles. The van der Waals surface area contributed by atoms with Crippen LogP contribution in [0.4, 0.5) is 5.69 Å². The Bertz CT molecular complexity index is 773. The standard InChI is InChI=1S/C19H23N5O2/c1-13(25)22-15-4-2-14(3-5-15)10-19(26)23-16-6-7-17(23)12-18(11-16)24-20-8-9-21-24/h2-5,8-9,16-18H,6-7,10-12H2,1H3,(H,22,25). The third-order valence-corrected chi connectivity index (χ3v) is 5.39. The fraction of sp³-hybridized carbons (Fsp3) is 0.474. The van der Waals surface area contributed by atoms with Crippen molar-refractivity contribution in [3.8, 4) is 0 Å². The van der Waals surface area contributed by atoms with Gasteiger partial charge in [0.05, 0.1) is 24.9 Å². The first kappa shape index (κ1) is 16.8. The molecular weight excluding hydrogens is 330 g/mol. The lowest BCUT2D eigenvalue weighted by Gasteiger charge is -2.38. The van der Waals surface area contributed by atoms with Crippen molar-refractivity contribution >= 4 is 17.5 Å². The Labute approximate surface area is 152 Å². The number of piperidine rings is 1. The van der Waals surface area contributed by atoms with Crippen LogP contribution >= 0.6 is 0 Å². The summed E-state index contributed by atoms with van der Waals surface area (Å²) in [5, 5.41) is 11.3. The first-order valence-electron chi connectivity index (χ1n) is 9.13. The molecule has 1 aromatic carbocycles. The number of rotatable bonds is 4. The number of hydrogen-bond acceptors (Lipinski definition) is 4. The van der Waals surface area contributed by atoms with Crippen LogP contribution in [0.25, 0.3) is 0 Å². The van der Waals surface area contributed by atoms with E-state index in [-0.39, 0.29) is 23.9 Å². The van der Waals surface area contributed by atoms with E-state index in [0.717, 1.165) is 36.9 Å². The average molecular weight is 353 g/mol. The third kappa shape index (κ3) is 3.34. The number of aromatic nitrogens is 3. The molecule has 0 radical (unpaired) electrons. The number of nitrogens with one attached hydrogen (secondary N) is 1. The van der Waals surface area contributed by atoms with Gasteiger partial charge in [0, 0.05) is 24.7 Å². The van der Waals surface area contributed by atoms with Crippen LogP contribution in [0.15, 0.2) is 36.7 Å². The van der Waals surface area contributed by atoms with Gasteiger partial charge in [0.2, 0.25) is 11.8 Å². The molecule has 7 nitrogen and oxygen atoms in total. The number of fused-ring (bicyclic) bond motifs is 2. The third-order valence-electron chi connectivity index (χ3n) is 5.39. The molecule has 1 aromatic heterocycles. The highest BCUT2D eigenvalue weighted by Crippen LogP contribution is 2.40. The van der Waals surface area contributed by atoms with Gasteiger partial charge in [0.25, 0.3) is 0 Å². The largest absolute Gasteiger partial charge is 0.336 e. The van der Waals surface area contributed by atoms with Gasteiger partial charge in [-0.15, -0.1) is 0 Å². The van der Waals surface area contributed by atoms with Crippen molar-refractivity contribution in [2.45, 2.75) is 57.2 Å². The van der Waals surface area contributed by atoms with Gasteiger partial charge in [0.1, 0.15) is 0 Å². The minimum atomic E-state index is -0.0973. The van der Waals surface area contributed by atoms with E-state index in [4.69, 9.17) is 0 Å². The van der Waals surface area contributed by atoms with Crippen LogP contribution in [0.3, 0.4) is 0 Å². The normalized spacial score (nSPS) is 24.5. The summed E-state index contributed by atoms with van der Waals surface area (Å²) in [5.74, 6) is 0.0941. The molecule has 136 valence electrons. The van der Waals surface area contributed by atoms with E-state index in [1.807, 2.05) is 24.3 Å². The monoisotopic (exact) mass is 353 g/mol. The molecule has 0 aliphatic carbocycles. The van der Waals surface area contributed by atoms with E-state index >= 15 is 0 Å². The molecule has 2 atom stereocenters. The Hall–Kier alpha value is -2.70. The number of amides is 2. The minimum Gasteiger partial charge on any atom is -0.336 e. The highest BCUT2D eigenvalue weighted by atomic mass is 16.2. The van der Waals surface area contributed by atoms with E-state index < -0.39 is 0 Å². The van der Waals surface area contributed by atoms with Crippen LogP contribution < -0.4 is 5.32 Å². The van der Waals surface area contributed by atoms with Gasteiger partial charge in [0.15, 0.2) is 0 Å². The van der Waals surface area contributed by atoms with E-state index in [9.17, 15) is 9.59 Å². The number of nitrogens with zero attached hydrogens (tertiary/aromatic N) is 4. The predicted molar refractivity (Wildman–Crippen MR) is 96.4 cm³/mol. The molecular formula is C19H23N5O2. The lowest BCUT2D eigenvalue weighted by Crippen LogP contribution is -2.47. The van der Waals surface area contributed by atoms with Crippen molar-refractivity contribution in [1.29, 1.82) is 0 Å². The summed E-state index contributed by atoms with van der Waals surface area (Å²) in [6.45, 7) is 1.48. The predicted octanol–water partition coefficient (Wildman–Crippen LogP) is 2.17. The smallest absolute Gasteiger partial charge is 0.227 e. The summed E-state index contributed by atoms with van der Waals surface area (Å²) < 4.78 is 0. The number of hydrogen-bond donors (Lipinski definition) is 1. The molecule has 0 saturated carbocycles. The number of anilines is 1. The lowest BCUT2D eigenvalue weighted by atomic mass is 9.97. The highest BCUT2D eigenvalue weighted by Gasteiger charge is 2.43. The molecule has 0 spiro atoms. The quantitative estimate of drug-likeness (QED) is 0.913. The molecule has 2 unspecified atom stereocenters. The van der Waals surface area contributed by atoms with Gasteiger partial charge in [-0.1, -0.05) is 12.1 Å². The van der Waals surface area contributed by atoms with Gasteiger partial charge in [-0.2, -0.15) is 15.0 Å². The zero-order chi connectivity index (χ0) is 18.1. The van der Waals surface area contributed by atoms with E-state index in [0.29, 0.717) is 12.5 Å². The minimum absolute atomic E-state index is 0.0973. The number of benzene rings is 1. The second kappa shape index (κ2) is 6.90. The molecule has 4 rings (SSSR count). The van der Waals surface area contributed by atoms with Gasteiger partial charge in [-0.25, -0.2) is 0 Å². The van der Waals surface area contributed by atoms with Crippen molar-refractivity contribution in [3.05, 3.63) is 42.2 Å². The highest BCUT2D eigenvalue weighted by molar-refractivity contribution is 5.88. The molecule has 2 aliphatic rings. The first-order valence-corrected chi connectivity index (χ1v) is 9.13. The topological polar surface area (TPSA) is 80.1 Å². The Morgan fingerprint density at radius 1 is 1.04 bits per heavy atom. The van der Waals surface area contributed by atoms with Crippen LogP contribution in [0, 0.1) is 0 Å². The van der Waals surface area contributed by atoms with Crippen molar-refractivity contribution < 1.29 is 9.59 Å². The average Bonchev–Trinajstić information content (AvgIpc) is 3.23. The van der Waals surface area contributed by atoms with Crippen molar-refractivity contribution in [2.24, 2.45) is 0 Å². The molecule has 26 heavy (non-hydrogen) atoms. The Morgan fingerprint density at radius 3 is 2.23 bits per heavy atom. The summed E-state index contributed by atoms with van der Waals surface area (Å²) in [6.07, 6.45) is 7.81. The zero-order valence-corrected chi connectivity index (χ0v) is 14.8. The lowest BCUT2D eigenvalue weighted by molar-refractivity contribution is -0.135. The number of carbonyl (C=O) groups is 2. The molecule has 2 saturated heterocycles. The van der Waals surface area contributed by atoms with Crippen LogP contribution in [-0.4, -0.2) is 43.8 Å². The Kier molecular flexibility index (Phi) is 4.44. The van der Waals surface area contributed by atoms with Crippen LogP contribution in [-0.2, 0) is 16.0 Å².